The summed E-state index contributed by atoms with van der Waals surface area (Å²) >= 11 is 1.00. The zero-order valence-electron chi connectivity index (χ0n) is 16.5. The van der Waals surface area contributed by atoms with E-state index in [1.54, 1.807) is 18.5 Å². The molecule has 0 aliphatic heterocycles. The molecule has 0 unspecified atom stereocenters. The van der Waals surface area contributed by atoms with Crippen LogP contribution in [0.3, 0.4) is 0 Å². The second kappa shape index (κ2) is 9.42. The summed E-state index contributed by atoms with van der Waals surface area (Å²) in [6.07, 6.45) is 3.25. The molecule has 0 spiro atoms. The number of carbonyl (C=O) groups is 1. The fourth-order valence-electron chi connectivity index (χ4n) is 2.85. The van der Waals surface area contributed by atoms with Crippen LogP contribution in [-0.2, 0) is 4.79 Å². The normalized spacial score (nSPS) is 11.3. The lowest BCUT2D eigenvalue weighted by Gasteiger charge is -2.20. The van der Waals surface area contributed by atoms with Crippen LogP contribution < -0.4 is 10.0 Å². The van der Waals surface area contributed by atoms with Gasteiger partial charge in [0.15, 0.2) is 5.82 Å². The van der Waals surface area contributed by atoms with E-state index in [-0.39, 0.29) is 5.75 Å². The van der Waals surface area contributed by atoms with Crippen LogP contribution in [0.15, 0.2) is 51.3 Å². The lowest BCUT2D eigenvalue weighted by molar-refractivity contribution is -0.301. The Bertz CT molecular complexity index is 990. The van der Waals surface area contributed by atoms with Gasteiger partial charge in [0.1, 0.15) is 5.76 Å². The lowest BCUT2D eigenvalue weighted by Crippen LogP contribution is -2.24. The summed E-state index contributed by atoms with van der Waals surface area (Å²) in [5.41, 5.74) is 2.79. The van der Waals surface area contributed by atoms with E-state index in [9.17, 15) is 9.90 Å². The summed E-state index contributed by atoms with van der Waals surface area (Å²) < 4.78 is 6.87. The van der Waals surface area contributed by atoms with Gasteiger partial charge in [-0.25, -0.2) is 0 Å². The van der Waals surface area contributed by atoms with E-state index in [1.807, 2.05) is 31.2 Å². The van der Waals surface area contributed by atoms with Gasteiger partial charge >= 0.3 is 0 Å². The lowest BCUT2D eigenvalue weighted by atomic mass is 10.2. The molecule has 0 aliphatic carbocycles. The smallest absolute Gasteiger partial charge is 0.212 e. The zero-order chi connectivity index (χ0) is 20.8. The van der Waals surface area contributed by atoms with Crippen molar-refractivity contribution >= 4 is 29.6 Å². The van der Waals surface area contributed by atoms with E-state index in [4.69, 9.17) is 4.42 Å². The Labute approximate surface area is 173 Å². The number of benzene rings is 1. The Hall–Kier alpha value is -3.07. The van der Waals surface area contributed by atoms with Gasteiger partial charge in [0.25, 0.3) is 0 Å². The largest absolute Gasteiger partial charge is 0.549 e. The monoisotopic (exact) mass is 412 g/mol. The Morgan fingerprint density at radius 1 is 1.24 bits per heavy atom. The molecule has 0 bridgehead atoms. The molecule has 8 nitrogen and oxygen atoms in total. The number of carbonyl (C=O) groups excluding carboxylic acids is 1. The van der Waals surface area contributed by atoms with Crippen molar-refractivity contribution in [3.8, 4) is 11.4 Å². The molecule has 9 heteroatoms. The number of nitrogens with zero attached hydrogens (tertiary/aromatic N) is 5. The van der Waals surface area contributed by atoms with Crippen molar-refractivity contribution < 1.29 is 14.3 Å². The van der Waals surface area contributed by atoms with E-state index in [0.717, 1.165) is 41.7 Å². The summed E-state index contributed by atoms with van der Waals surface area (Å²) in [6, 6.07) is 9.84. The van der Waals surface area contributed by atoms with Crippen LogP contribution in [0.25, 0.3) is 11.4 Å². The van der Waals surface area contributed by atoms with Gasteiger partial charge in [-0.1, -0.05) is 23.9 Å². The molecule has 0 fully saturated rings. The minimum Gasteiger partial charge on any atom is -0.549 e. The van der Waals surface area contributed by atoms with Gasteiger partial charge < -0.3 is 19.2 Å². The van der Waals surface area contributed by atoms with Crippen molar-refractivity contribution in [2.45, 2.75) is 25.9 Å². The minimum absolute atomic E-state index is 0.239. The third kappa shape index (κ3) is 4.86. The highest BCUT2D eigenvalue weighted by atomic mass is 32.2. The van der Waals surface area contributed by atoms with Crippen molar-refractivity contribution in [1.29, 1.82) is 0 Å². The molecule has 2 aromatic heterocycles. The van der Waals surface area contributed by atoms with E-state index < -0.39 is 5.97 Å². The van der Waals surface area contributed by atoms with Gasteiger partial charge in [-0.3, -0.25) is 0 Å². The quantitative estimate of drug-likeness (QED) is 0.393. The fraction of sp³-hybridized carbons (Fsp3) is 0.300. The molecule has 2 heterocycles. The summed E-state index contributed by atoms with van der Waals surface area (Å²) in [6.45, 7) is 7.94. The van der Waals surface area contributed by atoms with Crippen LogP contribution in [-0.4, -0.2) is 45.9 Å². The molecule has 0 amide bonds. The van der Waals surface area contributed by atoms with Crippen LogP contribution in [0, 0.1) is 6.92 Å². The Morgan fingerprint density at radius 3 is 2.55 bits per heavy atom. The van der Waals surface area contributed by atoms with E-state index in [0.29, 0.717) is 16.7 Å². The number of aliphatic carboxylic acids is 1. The number of rotatable bonds is 9. The maximum atomic E-state index is 10.8. The highest BCUT2D eigenvalue weighted by Crippen LogP contribution is 2.27. The molecule has 29 heavy (non-hydrogen) atoms. The summed E-state index contributed by atoms with van der Waals surface area (Å²) in [5, 5.41) is 24.0. The number of aromatic nitrogens is 3. The molecule has 0 saturated heterocycles. The number of thioether (sulfide) groups is 1. The summed E-state index contributed by atoms with van der Waals surface area (Å²) in [5.74, 6) is -0.264. The van der Waals surface area contributed by atoms with Crippen molar-refractivity contribution in [3.63, 3.8) is 0 Å². The molecule has 3 aromatic rings. The number of carboxylic acids is 1. The van der Waals surface area contributed by atoms with Gasteiger partial charge in [-0.15, -0.1) is 10.2 Å². The molecular weight excluding hydrogens is 390 g/mol. The average molecular weight is 412 g/mol. The molecule has 152 valence electrons. The second-order valence-corrected chi connectivity index (χ2v) is 7.12. The first-order valence-electron chi connectivity index (χ1n) is 9.25. The first kappa shape index (κ1) is 20.7. The molecule has 1 aromatic carbocycles. The van der Waals surface area contributed by atoms with E-state index >= 15 is 0 Å². The van der Waals surface area contributed by atoms with Gasteiger partial charge in [-0.05, 0) is 44.5 Å². The van der Waals surface area contributed by atoms with Crippen molar-refractivity contribution in [3.05, 3.63) is 47.9 Å². The second-order valence-electron chi connectivity index (χ2n) is 6.18. The number of anilines is 1. The fourth-order valence-corrected chi connectivity index (χ4v) is 3.45. The van der Waals surface area contributed by atoms with Crippen molar-refractivity contribution in [1.82, 2.24) is 14.9 Å². The predicted molar refractivity (Wildman–Crippen MR) is 111 cm³/mol. The summed E-state index contributed by atoms with van der Waals surface area (Å²) in [7, 11) is 0. The minimum atomic E-state index is -1.18. The van der Waals surface area contributed by atoms with Gasteiger partial charge in [-0.2, -0.15) is 9.78 Å². The molecular formula is C20H22N5O3S-. The van der Waals surface area contributed by atoms with Crippen LogP contribution in [0.2, 0.25) is 0 Å². The van der Waals surface area contributed by atoms with Gasteiger partial charge in [0, 0.05) is 24.5 Å². The third-order valence-electron chi connectivity index (χ3n) is 4.37. The predicted octanol–water partition coefficient (Wildman–Crippen LogP) is 2.42. The number of furan rings is 1. The number of carboxylic acid groups (broad SMARTS) is 1. The summed E-state index contributed by atoms with van der Waals surface area (Å²) in [4.78, 5) is 13.1. The molecule has 0 N–H and O–H groups in total. The van der Waals surface area contributed by atoms with Crippen LogP contribution in [0.1, 0.15) is 25.2 Å². The third-order valence-corrected chi connectivity index (χ3v) is 5.27. The molecule has 0 radical (unpaired) electrons. The van der Waals surface area contributed by atoms with Crippen LogP contribution >= 0.6 is 11.8 Å². The first-order valence-corrected chi connectivity index (χ1v) is 10.2. The zero-order valence-corrected chi connectivity index (χ0v) is 17.3. The maximum absolute atomic E-state index is 10.8. The highest BCUT2D eigenvalue weighted by molar-refractivity contribution is 7.99. The van der Waals surface area contributed by atoms with Crippen LogP contribution in [0.4, 0.5) is 5.69 Å². The maximum Gasteiger partial charge on any atom is 0.212 e. The van der Waals surface area contributed by atoms with Crippen LogP contribution in [0.5, 0.6) is 0 Å². The molecule has 3 rings (SSSR count). The molecule has 0 aliphatic rings. The Balaban J connectivity index is 1.91. The SMILES string of the molecule is CCN(CC)c1ccc(/C=N\n2c(SCC(=O)[O-])nnc2-c2ccoc2C)cc1. The number of aryl methyl sites for hydroxylation is 1. The number of hydrogen-bond donors (Lipinski definition) is 0. The average Bonchev–Trinajstić information content (AvgIpc) is 3.32. The molecule has 0 saturated carbocycles. The highest BCUT2D eigenvalue weighted by Gasteiger charge is 2.17. The van der Waals surface area contributed by atoms with Gasteiger partial charge in [0.05, 0.1) is 24.0 Å². The first-order chi connectivity index (χ1) is 14.0. The Kier molecular flexibility index (Phi) is 6.71. The molecule has 0 atom stereocenters. The van der Waals surface area contributed by atoms with Crippen molar-refractivity contribution in [2.24, 2.45) is 5.10 Å². The van der Waals surface area contributed by atoms with E-state index in [1.165, 1.54) is 4.68 Å². The van der Waals surface area contributed by atoms with Crippen molar-refractivity contribution in [2.75, 3.05) is 23.7 Å². The Morgan fingerprint density at radius 2 is 1.97 bits per heavy atom. The van der Waals surface area contributed by atoms with E-state index in [2.05, 4.69) is 34.0 Å². The topological polar surface area (TPSA) is 99.6 Å². The standard InChI is InChI=1S/C20H23N5O3S/c1-4-24(5-2)16-8-6-15(7-9-16)12-21-25-19(17-10-11-28-14(17)3)22-23-20(25)29-13-18(26)27/h6-12H,4-5,13H2,1-3H3,(H,26,27)/p-1/b21-12-. The van der Waals surface area contributed by atoms with Gasteiger partial charge in [0.2, 0.25) is 5.16 Å². The number of hydrogen-bond acceptors (Lipinski definition) is 8.